The largest absolute Gasteiger partial charge is 0.496 e. The number of hydrogen-bond acceptors (Lipinski definition) is 4. The number of benzene rings is 2. The summed E-state index contributed by atoms with van der Waals surface area (Å²) in [4.78, 5) is 14.6. The lowest BCUT2D eigenvalue weighted by atomic mass is 10.1. The lowest BCUT2D eigenvalue weighted by Gasteiger charge is -2.20. The average molecular weight is 388 g/mol. The number of carbonyl (C=O) groups excluding carboxylic acids is 1. The summed E-state index contributed by atoms with van der Waals surface area (Å²) >= 11 is 0. The molecule has 0 bridgehead atoms. The lowest BCUT2D eigenvalue weighted by molar-refractivity contribution is 0.0789. The quantitative estimate of drug-likeness (QED) is 0.763. The van der Waals surface area contributed by atoms with Crippen LogP contribution in [0.25, 0.3) is 0 Å². The molecular weight excluding hydrogens is 364 g/mol. The lowest BCUT2D eigenvalue weighted by Crippen LogP contribution is -2.29. The molecule has 144 valence electrons. The van der Waals surface area contributed by atoms with Gasteiger partial charge in [0.1, 0.15) is 5.75 Å². The van der Waals surface area contributed by atoms with E-state index in [4.69, 9.17) is 4.74 Å². The van der Waals surface area contributed by atoms with E-state index < -0.39 is 10.0 Å². The van der Waals surface area contributed by atoms with E-state index in [0.717, 1.165) is 18.4 Å². The first kappa shape index (κ1) is 19.4. The highest BCUT2D eigenvalue weighted by atomic mass is 32.2. The number of hydrogen-bond donors (Lipinski definition) is 0. The first-order chi connectivity index (χ1) is 12.9. The summed E-state index contributed by atoms with van der Waals surface area (Å²) < 4.78 is 32.6. The normalized spacial score (nSPS) is 14.6. The zero-order chi connectivity index (χ0) is 19.4. The standard InChI is InChI=1S/C20H24N2O4S/c1-21(15-16-8-4-3-5-9-16)27(24,25)17-10-11-19(26-2)18(14-17)20(23)22-12-6-7-13-22/h3-5,8-11,14H,6-7,12-13,15H2,1-2H3. The Morgan fingerprint density at radius 1 is 1.11 bits per heavy atom. The fraction of sp³-hybridized carbons (Fsp3) is 0.350. The summed E-state index contributed by atoms with van der Waals surface area (Å²) in [6, 6.07) is 13.8. The second-order valence-electron chi connectivity index (χ2n) is 6.61. The van der Waals surface area contributed by atoms with Gasteiger partial charge in [0.15, 0.2) is 0 Å². The van der Waals surface area contributed by atoms with Gasteiger partial charge >= 0.3 is 0 Å². The zero-order valence-corrected chi connectivity index (χ0v) is 16.4. The van der Waals surface area contributed by atoms with Crippen molar-refractivity contribution in [3.63, 3.8) is 0 Å². The van der Waals surface area contributed by atoms with Crippen molar-refractivity contribution in [2.75, 3.05) is 27.2 Å². The van der Waals surface area contributed by atoms with Gasteiger partial charge in [-0.25, -0.2) is 8.42 Å². The van der Waals surface area contributed by atoms with Crippen LogP contribution in [0.15, 0.2) is 53.4 Å². The van der Waals surface area contributed by atoms with Crippen LogP contribution < -0.4 is 4.74 Å². The number of amides is 1. The van der Waals surface area contributed by atoms with Crippen LogP contribution in [0.1, 0.15) is 28.8 Å². The summed E-state index contributed by atoms with van der Waals surface area (Å²) in [5.74, 6) is 0.198. The molecular formula is C20H24N2O4S. The highest BCUT2D eigenvalue weighted by Crippen LogP contribution is 2.27. The average Bonchev–Trinajstić information content (AvgIpc) is 3.22. The minimum absolute atomic E-state index is 0.0873. The monoisotopic (exact) mass is 388 g/mol. The molecule has 0 aromatic heterocycles. The maximum Gasteiger partial charge on any atom is 0.257 e. The third-order valence-corrected chi connectivity index (χ3v) is 6.55. The molecule has 1 fully saturated rings. The van der Waals surface area contributed by atoms with Gasteiger partial charge in [0.25, 0.3) is 5.91 Å². The molecule has 0 unspecified atom stereocenters. The number of ether oxygens (including phenoxy) is 1. The van der Waals surface area contributed by atoms with Crippen molar-refractivity contribution < 1.29 is 17.9 Å². The summed E-state index contributed by atoms with van der Waals surface area (Å²) in [6.45, 7) is 1.63. The summed E-state index contributed by atoms with van der Waals surface area (Å²) in [5, 5.41) is 0. The summed E-state index contributed by atoms with van der Waals surface area (Å²) in [6.07, 6.45) is 1.93. The molecule has 2 aromatic rings. The first-order valence-corrected chi connectivity index (χ1v) is 10.3. The Bertz CT molecular complexity index is 907. The SMILES string of the molecule is COc1ccc(S(=O)(=O)N(C)Cc2ccccc2)cc1C(=O)N1CCCC1. The topological polar surface area (TPSA) is 66.9 Å². The van der Waals surface area contributed by atoms with Crippen molar-refractivity contribution >= 4 is 15.9 Å². The van der Waals surface area contributed by atoms with Crippen LogP contribution in [0.3, 0.4) is 0 Å². The van der Waals surface area contributed by atoms with Gasteiger partial charge in [0.2, 0.25) is 10.0 Å². The van der Waals surface area contributed by atoms with E-state index in [0.29, 0.717) is 18.8 Å². The molecule has 0 aliphatic carbocycles. The van der Waals surface area contributed by atoms with Gasteiger partial charge in [-0.1, -0.05) is 30.3 Å². The van der Waals surface area contributed by atoms with Gasteiger partial charge < -0.3 is 9.64 Å². The van der Waals surface area contributed by atoms with E-state index in [9.17, 15) is 13.2 Å². The van der Waals surface area contributed by atoms with Crippen LogP contribution in [0.5, 0.6) is 5.75 Å². The highest BCUT2D eigenvalue weighted by Gasteiger charge is 2.27. The maximum absolute atomic E-state index is 13.0. The van der Waals surface area contributed by atoms with Crippen molar-refractivity contribution in [2.24, 2.45) is 0 Å². The molecule has 6 nitrogen and oxygen atoms in total. The predicted molar refractivity (Wildman–Crippen MR) is 103 cm³/mol. The molecule has 1 saturated heterocycles. The van der Waals surface area contributed by atoms with E-state index in [1.54, 1.807) is 11.0 Å². The maximum atomic E-state index is 13.0. The number of likely N-dealkylation sites (tertiary alicyclic amines) is 1. The van der Waals surface area contributed by atoms with E-state index >= 15 is 0 Å². The minimum Gasteiger partial charge on any atom is -0.496 e. The van der Waals surface area contributed by atoms with E-state index in [-0.39, 0.29) is 22.9 Å². The molecule has 1 aliphatic rings. The van der Waals surface area contributed by atoms with Crippen molar-refractivity contribution in [3.05, 3.63) is 59.7 Å². The van der Waals surface area contributed by atoms with Crippen LogP contribution >= 0.6 is 0 Å². The molecule has 0 spiro atoms. The number of rotatable bonds is 6. The third kappa shape index (κ3) is 4.14. The molecule has 27 heavy (non-hydrogen) atoms. The van der Waals surface area contributed by atoms with Gasteiger partial charge in [0.05, 0.1) is 17.6 Å². The molecule has 1 heterocycles. The van der Waals surface area contributed by atoms with Gasteiger partial charge in [-0.2, -0.15) is 4.31 Å². The first-order valence-electron chi connectivity index (χ1n) is 8.91. The van der Waals surface area contributed by atoms with Gasteiger partial charge in [-0.15, -0.1) is 0 Å². The molecule has 1 amide bonds. The van der Waals surface area contributed by atoms with Crippen LogP contribution in [-0.2, 0) is 16.6 Å². The third-order valence-electron chi connectivity index (χ3n) is 4.75. The van der Waals surface area contributed by atoms with Gasteiger partial charge in [-0.3, -0.25) is 4.79 Å². The molecule has 0 saturated carbocycles. The number of methoxy groups -OCH3 is 1. The van der Waals surface area contributed by atoms with Crippen molar-refractivity contribution in [1.82, 2.24) is 9.21 Å². The van der Waals surface area contributed by atoms with Crippen LogP contribution in [0.2, 0.25) is 0 Å². The van der Waals surface area contributed by atoms with Crippen molar-refractivity contribution in [2.45, 2.75) is 24.3 Å². The molecule has 7 heteroatoms. The van der Waals surface area contributed by atoms with Crippen LogP contribution in [0, 0.1) is 0 Å². The summed E-state index contributed by atoms with van der Waals surface area (Å²) in [5.41, 5.74) is 1.18. The Kier molecular flexibility index (Phi) is 5.82. The van der Waals surface area contributed by atoms with E-state index in [1.165, 1.54) is 30.6 Å². The number of carbonyl (C=O) groups is 1. The Labute approximate surface area is 160 Å². The summed E-state index contributed by atoms with van der Waals surface area (Å²) in [7, 11) is -0.720. The molecule has 0 N–H and O–H groups in total. The Morgan fingerprint density at radius 2 is 1.78 bits per heavy atom. The molecule has 0 atom stereocenters. The van der Waals surface area contributed by atoms with E-state index in [2.05, 4.69) is 0 Å². The number of nitrogens with zero attached hydrogens (tertiary/aromatic N) is 2. The second kappa shape index (κ2) is 8.10. The molecule has 2 aromatic carbocycles. The van der Waals surface area contributed by atoms with Crippen LogP contribution in [-0.4, -0.2) is 50.8 Å². The van der Waals surface area contributed by atoms with Crippen LogP contribution in [0.4, 0.5) is 0 Å². The Balaban J connectivity index is 1.90. The fourth-order valence-electron chi connectivity index (χ4n) is 3.21. The molecule has 0 radical (unpaired) electrons. The van der Waals surface area contributed by atoms with Gasteiger partial charge in [-0.05, 0) is 36.6 Å². The predicted octanol–water partition coefficient (Wildman–Crippen LogP) is 2.75. The fourth-order valence-corrected chi connectivity index (χ4v) is 4.40. The highest BCUT2D eigenvalue weighted by molar-refractivity contribution is 7.89. The molecule has 1 aliphatic heterocycles. The van der Waals surface area contributed by atoms with E-state index in [1.807, 2.05) is 30.3 Å². The zero-order valence-electron chi connectivity index (χ0n) is 15.6. The molecule has 3 rings (SSSR count). The van der Waals surface area contributed by atoms with Crippen molar-refractivity contribution in [1.29, 1.82) is 0 Å². The van der Waals surface area contributed by atoms with Gasteiger partial charge in [0, 0.05) is 26.7 Å². The minimum atomic E-state index is -3.73. The van der Waals surface area contributed by atoms with Crippen molar-refractivity contribution in [3.8, 4) is 5.75 Å². The Hall–Kier alpha value is -2.38. The number of sulfonamides is 1. The Morgan fingerprint density at radius 3 is 2.41 bits per heavy atom. The smallest absolute Gasteiger partial charge is 0.257 e. The second-order valence-corrected chi connectivity index (χ2v) is 8.65.